The van der Waals surface area contributed by atoms with E-state index >= 15 is 0 Å². The van der Waals surface area contributed by atoms with Crippen molar-refractivity contribution in [2.75, 3.05) is 13.2 Å². The van der Waals surface area contributed by atoms with Gasteiger partial charge < -0.3 is 20.3 Å². The van der Waals surface area contributed by atoms with Gasteiger partial charge in [-0.2, -0.15) is 0 Å². The number of aliphatic hydroxyl groups is 2. The maximum absolute atomic E-state index is 12.5. The maximum atomic E-state index is 12.5. The maximum Gasteiger partial charge on any atom is 0.305 e. The highest BCUT2D eigenvalue weighted by Crippen LogP contribution is 2.18. The Morgan fingerprint density at radius 2 is 0.658 bits per heavy atom. The molecule has 0 aliphatic carbocycles. The first-order valence-electron chi connectivity index (χ1n) is 34.3. The van der Waals surface area contributed by atoms with Crippen molar-refractivity contribution in [1.29, 1.82) is 0 Å². The highest BCUT2D eigenvalue weighted by molar-refractivity contribution is 5.76. The summed E-state index contributed by atoms with van der Waals surface area (Å²) in [6, 6.07) is -0.630. The Morgan fingerprint density at radius 1 is 0.368 bits per heavy atom. The smallest absolute Gasteiger partial charge is 0.305 e. The van der Waals surface area contributed by atoms with Crippen LogP contribution >= 0.6 is 0 Å². The van der Waals surface area contributed by atoms with Gasteiger partial charge in [0.05, 0.1) is 25.4 Å². The summed E-state index contributed by atoms with van der Waals surface area (Å²) in [6.07, 6.45) is 83.4. The molecule has 448 valence electrons. The molecule has 3 N–H and O–H groups in total. The van der Waals surface area contributed by atoms with Gasteiger partial charge in [0.15, 0.2) is 0 Å². The minimum Gasteiger partial charge on any atom is -0.466 e. The Morgan fingerprint density at radius 3 is 1.03 bits per heavy atom. The summed E-state index contributed by atoms with van der Waals surface area (Å²) in [6.45, 7) is 4.90. The molecule has 2 atom stereocenters. The summed E-state index contributed by atoms with van der Waals surface area (Å²) in [4.78, 5) is 24.6. The molecule has 0 bridgehead atoms. The number of hydrogen-bond donors (Lipinski definition) is 3. The predicted molar refractivity (Wildman–Crippen MR) is 333 cm³/mol. The zero-order valence-electron chi connectivity index (χ0n) is 51.3. The number of hydrogen-bond acceptors (Lipinski definition) is 5. The van der Waals surface area contributed by atoms with Crippen LogP contribution in [0.5, 0.6) is 0 Å². The number of rotatable bonds is 64. The predicted octanol–water partition coefficient (Wildman–Crippen LogP) is 21.9. The highest BCUT2D eigenvalue weighted by atomic mass is 16.5. The summed E-state index contributed by atoms with van der Waals surface area (Å²) in [5.74, 6) is -0.0615. The molecule has 0 aromatic rings. The molecule has 0 aromatic heterocycles. The lowest BCUT2D eigenvalue weighted by molar-refractivity contribution is -0.143. The van der Waals surface area contributed by atoms with E-state index in [0.29, 0.717) is 19.4 Å². The van der Waals surface area contributed by atoms with E-state index in [2.05, 4.69) is 43.5 Å². The van der Waals surface area contributed by atoms with Crippen LogP contribution in [0.4, 0.5) is 0 Å². The second-order valence-electron chi connectivity index (χ2n) is 23.5. The van der Waals surface area contributed by atoms with Gasteiger partial charge in [0.25, 0.3) is 0 Å². The van der Waals surface area contributed by atoms with E-state index < -0.39 is 12.1 Å². The van der Waals surface area contributed by atoms with Gasteiger partial charge >= 0.3 is 5.97 Å². The lowest BCUT2D eigenvalue weighted by Crippen LogP contribution is -2.45. The molecule has 0 spiro atoms. The average Bonchev–Trinajstić information content (AvgIpc) is 3.42. The van der Waals surface area contributed by atoms with Gasteiger partial charge in [-0.1, -0.05) is 333 Å². The Hall–Kier alpha value is -1.92. The fraction of sp³-hybridized carbons (Fsp3) is 0.886. The van der Waals surface area contributed by atoms with Crippen LogP contribution < -0.4 is 5.32 Å². The molecule has 0 fully saturated rings. The molecular formula is C70H133NO5. The lowest BCUT2D eigenvalue weighted by Gasteiger charge is -2.20. The molecule has 0 radical (unpaired) electrons. The topological polar surface area (TPSA) is 95.9 Å². The number of aliphatic hydroxyl groups excluding tert-OH is 2. The Bertz CT molecular complexity index is 1230. The summed E-state index contributed by atoms with van der Waals surface area (Å²) < 4.78 is 5.49. The van der Waals surface area contributed by atoms with E-state index in [1.807, 2.05) is 6.08 Å². The second kappa shape index (κ2) is 65.6. The van der Waals surface area contributed by atoms with Gasteiger partial charge in [-0.15, -0.1) is 0 Å². The summed E-state index contributed by atoms with van der Waals surface area (Å²) >= 11 is 0. The van der Waals surface area contributed by atoms with Crippen molar-refractivity contribution < 1.29 is 24.5 Å². The number of ether oxygens (including phenoxy) is 1. The number of amides is 1. The number of unbranched alkanes of at least 4 members (excludes halogenated alkanes) is 49. The van der Waals surface area contributed by atoms with Gasteiger partial charge in [0.1, 0.15) is 0 Å². The van der Waals surface area contributed by atoms with E-state index in [1.54, 1.807) is 6.08 Å². The van der Waals surface area contributed by atoms with Crippen molar-refractivity contribution in [3.05, 3.63) is 36.5 Å². The van der Waals surface area contributed by atoms with Gasteiger partial charge in [-0.05, 0) is 64.2 Å². The molecule has 6 heteroatoms. The van der Waals surface area contributed by atoms with E-state index in [9.17, 15) is 19.8 Å². The van der Waals surface area contributed by atoms with Crippen LogP contribution in [0.3, 0.4) is 0 Å². The minimum absolute atomic E-state index is 0.00416. The third-order valence-electron chi connectivity index (χ3n) is 15.9. The summed E-state index contributed by atoms with van der Waals surface area (Å²) in [5.41, 5.74) is 0. The monoisotopic (exact) mass is 1070 g/mol. The molecular weight excluding hydrogens is 935 g/mol. The number of carbonyl (C=O) groups is 2. The molecule has 0 aromatic carbocycles. The third kappa shape index (κ3) is 61.3. The number of carbonyl (C=O) groups excluding carboxylic acids is 2. The number of nitrogens with one attached hydrogen (secondary N) is 1. The molecule has 76 heavy (non-hydrogen) atoms. The van der Waals surface area contributed by atoms with Crippen LogP contribution in [0.1, 0.15) is 373 Å². The molecule has 0 heterocycles. The van der Waals surface area contributed by atoms with Gasteiger partial charge in [0.2, 0.25) is 5.91 Å². The summed E-state index contributed by atoms with van der Waals surface area (Å²) in [7, 11) is 0. The molecule has 0 aliphatic heterocycles. The van der Waals surface area contributed by atoms with Crippen molar-refractivity contribution in [2.45, 2.75) is 386 Å². The van der Waals surface area contributed by atoms with Crippen LogP contribution in [0.15, 0.2) is 36.5 Å². The van der Waals surface area contributed by atoms with Crippen molar-refractivity contribution in [1.82, 2.24) is 5.32 Å². The third-order valence-corrected chi connectivity index (χ3v) is 15.9. The Balaban J connectivity index is 3.41. The molecule has 1 amide bonds. The van der Waals surface area contributed by atoms with Crippen LogP contribution in [0.2, 0.25) is 0 Å². The minimum atomic E-state index is -0.847. The van der Waals surface area contributed by atoms with Gasteiger partial charge in [-0.3, -0.25) is 9.59 Å². The average molecular weight is 1070 g/mol. The molecule has 0 aliphatic rings. The van der Waals surface area contributed by atoms with Crippen LogP contribution in [0.25, 0.3) is 0 Å². The molecule has 0 saturated carbocycles. The van der Waals surface area contributed by atoms with E-state index in [-0.39, 0.29) is 18.5 Å². The highest BCUT2D eigenvalue weighted by Gasteiger charge is 2.18. The lowest BCUT2D eigenvalue weighted by atomic mass is 10.0. The first-order chi connectivity index (χ1) is 37.5. The van der Waals surface area contributed by atoms with Crippen LogP contribution in [-0.2, 0) is 14.3 Å². The Labute approximate surface area is 474 Å². The van der Waals surface area contributed by atoms with Crippen LogP contribution in [-0.4, -0.2) is 47.4 Å². The zero-order chi connectivity index (χ0) is 55.0. The van der Waals surface area contributed by atoms with Crippen molar-refractivity contribution >= 4 is 11.9 Å². The van der Waals surface area contributed by atoms with Crippen LogP contribution in [0, 0.1) is 0 Å². The normalized spacial score (nSPS) is 12.7. The van der Waals surface area contributed by atoms with Gasteiger partial charge in [-0.25, -0.2) is 0 Å². The van der Waals surface area contributed by atoms with E-state index in [1.165, 1.54) is 295 Å². The van der Waals surface area contributed by atoms with Crippen molar-refractivity contribution in [3.8, 4) is 0 Å². The first kappa shape index (κ1) is 74.1. The Kier molecular flexibility index (Phi) is 63.9. The standard InChI is InChI=1S/C70H133NO5/c1-3-5-7-9-11-13-15-17-19-21-22-24-27-31-34-38-42-46-50-54-58-62-68(73)67(66-72)71-69(74)63-59-55-51-47-43-39-35-32-28-25-23-26-29-33-37-41-45-49-53-57-61-65-76-70(75)64-60-56-52-48-44-40-36-30-20-18-16-14-12-10-8-6-4-2/h12,14,18,20,58,62,67-68,72-73H,3-11,13,15-17,19,21-57,59-61,63-66H2,1-2H3,(H,71,74)/b14-12-,20-18-,62-58+. The summed E-state index contributed by atoms with van der Waals surface area (Å²) in [5, 5.41) is 23.2. The van der Waals surface area contributed by atoms with Crippen molar-refractivity contribution in [3.63, 3.8) is 0 Å². The fourth-order valence-electron chi connectivity index (χ4n) is 10.7. The molecule has 2 unspecified atom stereocenters. The number of esters is 1. The van der Waals surface area contributed by atoms with E-state index in [0.717, 1.165) is 51.4 Å². The number of allylic oxidation sites excluding steroid dienone is 5. The molecule has 6 nitrogen and oxygen atoms in total. The van der Waals surface area contributed by atoms with Gasteiger partial charge in [0, 0.05) is 12.8 Å². The fourth-order valence-corrected chi connectivity index (χ4v) is 10.7. The SMILES string of the molecule is CCCCC/C=C\C/C=C\CCCCCCCCCC(=O)OCCCCCCCCCCCCCCCCCCCCCCCC(=O)NC(CO)C(O)/C=C/CCCCCCCCCCCCCCCCCCCCC. The second-order valence-corrected chi connectivity index (χ2v) is 23.5. The van der Waals surface area contributed by atoms with E-state index in [4.69, 9.17) is 4.74 Å². The first-order valence-corrected chi connectivity index (χ1v) is 34.3. The largest absolute Gasteiger partial charge is 0.466 e. The zero-order valence-corrected chi connectivity index (χ0v) is 51.3. The molecule has 0 saturated heterocycles. The van der Waals surface area contributed by atoms with Crippen molar-refractivity contribution in [2.24, 2.45) is 0 Å². The molecule has 0 rings (SSSR count). The quantitative estimate of drug-likeness (QED) is 0.0320.